The van der Waals surface area contributed by atoms with E-state index >= 15 is 0 Å². The van der Waals surface area contributed by atoms with E-state index in [2.05, 4.69) is 48.8 Å². The van der Waals surface area contributed by atoms with E-state index in [1.165, 1.54) is 38.5 Å². The maximum Gasteiger partial charge on any atom is 0.472 e. The fourth-order valence-electron chi connectivity index (χ4n) is 5.54. The number of carbonyl (C=O) groups is 2. The number of phosphoric acid groups is 1. The van der Waals surface area contributed by atoms with Gasteiger partial charge in [-0.2, -0.15) is 0 Å². The van der Waals surface area contributed by atoms with Crippen molar-refractivity contribution in [3.05, 3.63) is 36.5 Å². The molecule has 0 bridgehead atoms. The predicted octanol–water partition coefficient (Wildman–Crippen LogP) is 8.72. The molecule has 55 heavy (non-hydrogen) atoms. The molecule has 0 aromatic carbocycles. The average Bonchev–Trinajstić information content (AvgIpc) is 3.17. The van der Waals surface area contributed by atoms with Gasteiger partial charge in [0, 0.05) is 12.8 Å². The highest BCUT2D eigenvalue weighted by molar-refractivity contribution is 7.47. The molecule has 0 aromatic rings. The number of carbonyl (C=O) groups excluding carboxylic acids is 2. The van der Waals surface area contributed by atoms with Crippen LogP contribution in [-0.2, 0) is 32.7 Å². The summed E-state index contributed by atoms with van der Waals surface area (Å²) < 4.78 is 32.6. The number of aliphatic hydroxyl groups excluding tert-OH is 4. The second-order valence-corrected chi connectivity index (χ2v) is 15.8. The van der Waals surface area contributed by atoms with Crippen LogP contribution in [0.1, 0.15) is 168 Å². The summed E-state index contributed by atoms with van der Waals surface area (Å²) in [5.74, 6) is -1.06. The Kier molecular flexibility index (Phi) is 36.4. The van der Waals surface area contributed by atoms with Crippen LogP contribution in [-0.4, -0.2) is 88.1 Å². The van der Waals surface area contributed by atoms with Gasteiger partial charge in [-0.25, -0.2) is 4.57 Å². The van der Waals surface area contributed by atoms with Gasteiger partial charge in [0.2, 0.25) is 0 Å². The molecule has 0 aliphatic carbocycles. The van der Waals surface area contributed by atoms with Crippen molar-refractivity contribution in [3.63, 3.8) is 0 Å². The molecule has 0 aromatic heterocycles. The van der Waals surface area contributed by atoms with Gasteiger partial charge in [0.15, 0.2) is 6.10 Å². The molecule has 0 aliphatic rings. The van der Waals surface area contributed by atoms with Crippen molar-refractivity contribution >= 4 is 19.8 Å². The van der Waals surface area contributed by atoms with Gasteiger partial charge < -0.3 is 34.8 Å². The molecule has 0 rings (SSSR count). The molecular formula is C42H77O12P. The van der Waals surface area contributed by atoms with Gasteiger partial charge in [0.25, 0.3) is 0 Å². The zero-order valence-corrected chi connectivity index (χ0v) is 35.0. The van der Waals surface area contributed by atoms with Crippen molar-refractivity contribution in [3.8, 4) is 0 Å². The molecule has 322 valence electrons. The van der Waals surface area contributed by atoms with Crippen molar-refractivity contribution in [1.82, 2.24) is 0 Å². The summed E-state index contributed by atoms with van der Waals surface area (Å²) in [5, 5.41) is 38.7. The van der Waals surface area contributed by atoms with Crippen LogP contribution in [0.3, 0.4) is 0 Å². The number of phosphoric ester groups is 1. The Labute approximate surface area is 332 Å². The third kappa shape index (κ3) is 36.2. The molecule has 0 aliphatic heterocycles. The zero-order valence-electron chi connectivity index (χ0n) is 34.1. The molecule has 12 nitrogen and oxygen atoms in total. The topological polar surface area (TPSA) is 189 Å². The van der Waals surface area contributed by atoms with Crippen molar-refractivity contribution in [1.29, 1.82) is 0 Å². The monoisotopic (exact) mass is 805 g/mol. The van der Waals surface area contributed by atoms with Gasteiger partial charge >= 0.3 is 19.8 Å². The van der Waals surface area contributed by atoms with Crippen LogP contribution in [0.5, 0.6) is 0 Å². The number of aliphatic hydroxyl groups is 4. The van der Waals surface area contributed by atoms with E-state index in [4.69, 9.17) is 19.1 Å². The number of hydrogen-bond donors (Lipinski definition) is 5. The van der Waals surface area contributed by atoms with Crippen LogP contribution in [0.15, 0.2) is 36.5 Å². The van der Waals surface area contributed by atoms with Crippen LogP contribution < -0.4 is 0 Å². The van der Waals surface area contributed by atoms with Gasteiger partial charge in [-0.3, -0.25) is 18.6 Å². The van der Waals surface area contributed by atoms with Crippen LogP contribution in [0, 0.1) is 0 Å². The summed E-state index contributed by atoms with van der Waals surface area (Å²) >= 11 is 0. The first-order valence-corrected chi connectivity index (χ1v) is 22.6. The lowest BCUT2D eigenvalue weighted by Crippen LogP contribution is -2.29. The Morgan fingerprint density at radius 1 is 0.600 bits per heavy atom. The minimum atomic E-state index is -4.66. The van der Waals surface area contributed by atoms with Crippen molar-refractivity contribution in [2.24, 2.45) is 0 Å². The highest BCUT2D eigenvalue weighted by Gasteiger charge is 2.27. The van der Waals surface area contributed by atoms with Gasteiger partial charge in [-0.05, 0) is 64.2 Å². The minimum Gasteiger partial charge on any atom is -0.462 e. The molecule has 0 fully saturated rings. The van der Waals surface area contributed by atoms with E-state index in [9.17, 15) is 34.4 Å². The fraction of sp³-hybridized carbons (Fsp3) is 0.810. The lowest BCUT2D eigenvalue weighted by Gasteiger charge is -2.20. The van der Waals surface area contributed by atoms with Gasteiger partial charge in [-0.15, -0.1) is 0 Å². The predicted molar refractivity (Wildman–Crippen MR) is 217 cm³/mol. The largest absolute Gasteiger partial charge is 0.472 e. The quantitative estimate of drug-likeness (QED) is 0.0131. The molecule has 0 saturated heterocycles. The lowest BCUT2D eigenvalue weighted by atomic mass is 10.0. The summed E-state index contributed by atoms with van der Waals surface area (Å²) in [6, 6.07) is 0. The molecule has 5 N–H and O–H groups in total. The van der Waals surface area contributed by atoms with E-state index in [1.54, 1.807) is 0 Å². The van der Waals surface area contributed by atoms with Crippen LogP contribution in [0.25, 0.3) is 0 Å². The van der Waals surface area contributed by atoms with E-state index in [0.717, 1.165) is 77.0 Å². The summed E-state index contributed by atoms with van der Waals surface area (Å²) in [5.41, 5.74) is 0. The van der Waals surface area contributed by atoms with Crippen molar-refractivity contribution < 1.29 is 58.0 Å². The maximum absolute atomic E-state index is 12.6. The number of rotatable bonds is 39. The summed E-state index contributed by atoms with van der Waals surface area (Å²) in [7, 11) is -4.66. The highest BCUT2D eigenvalue weighted by Crippen LogP contribution is 2.43. The first kappa shape index (κ1) is 53.1. The highest BCUT2D eigenvalue weighted by atomic mass is 31.2. The van der Waals surface area contributed by atoms with Crippen LogP contribution in [0.2, 0.25) is 0 Å². The Hall–Kier alpha value is -1.89. The molecule has 13 heteroatoms. The Morgan fingerprint density at radius 3 is 1.75 bits per heavy atom. The van der Waals surface area contributed by atoms with Crippen molar-refractivity contribution in [2.75, 3.05) is 26.4 Å². The Bertz CT molecular complexity index is 1050. The fourth-order valence-corrected chi connectivity index (χ4v) is 6.32. The Balaban J connectivity index is 4.47. The molecule has 0 heterocycles. The molecule has 5 atom stereocenters. The number of unbranched alkanes of at least 4 members (excludes halogenated alkanes) is 16. The van der Waals surface area contributed by atoms with E-state index in [-0.39, 0.29) is 19.4 Å². The standard InChI is InChI=1S/C42H77O12P/c1-3-5-7-9-11-12-13-14-15-16-17-18-19-23-27-31-41(47)51-35-38(36-53-55(49,50)52-34-37(44)33-43)54-42(48)32-28-24-20-22-26-30-40(46)39(45)29-25-21-10-8-6-4-2/h12-15,21,25,37-40,43-46H,3-11,16-20,22-24,26-36H2,1-2H3,(H,49,50)/b13-12-,15-14-,25-21-/t37-,38+,39-,40-/m0/s1. The SMILES string of the molecule is CCCCC/C=C\C[C@H](O)[C@@H](O)CCCCCCCC(=O)O[C@H](COC(=O)CCCCCCC/C=C\C=C/CCCCCC)COP(=O)(O)OC[C@@H](O)CO. The van der Waals surface area contributed by atoms with Crippen molar-refractivity contribution in [2.45, 2.75) is 192 Å². The van der Waals surface area contributed by atoms with Crippen LogP contribution >= 0.6 is 7.82 Å². The Morgan fingerprint density at radius 2 is 1.11 bits per heavy atom. The average molecular weight is 805 g/mol. The van der Waals surface area contributed by atoms with Gasteiger partial charge in [-0.1, -0.05) is 127 Å². The van der Waals surface area contributed by atoms with Gasteiger partial charge in [0.1, 0.15) is 12.7 Å². The third-order valence-corrected chi connectivity index (χ3v) is 9.95. The number of ether oxygens (including phenoxy) is 2. The summed E-state index contributed by atoms with van der Waals surface area (Å²) in [6.45, 7) is 2.09. The first-order chi connectivity index (χ1) is 26.5. The summed E-state index contributed by atoms with van der Waals surface area (Å²) in [6.07, 6.45) is 29.8. The molecular weight excluding hydrogens is 727 g/mol. The normalized spacial score (nSPS) is 15.4. The second-order valence-electron chi connectivity index (χ2n) is 14.3. The lowest BCUT2D eigenvalue weighted by molar-refractivity contribution is -0.161. The molecule has 1 unspecified atom stereocenters. The minimum absolute atomic E-state index is 0.0813. The number of allylic oxidation sites excluding steroid dienone is 5. The maximum atomic E-state index is 12.6. The van der Waals surface area contributed by atoms with E-state index < -0.39 is 64.0 Å². The smallest absolute Gasteiger partial charge is 0.462 e. The van der Waals surface area contributed by atoms with E-state index in [0.29, 0.717) is 25.7 Å². The molecule has 0 spiro atoms. The van der Waals surface area contributed by atoms with Gasteiger partial charge in [0.05, 0.1) is 32.0 Å². The third-order valence-electron chi connectivity index (χ3n) is 9.00. The second kappa shape index (κ2) is 37.7. The molecule has 0 saturated carbocycles. The molecule has 0 amide bonds. The first-order valence-electron chi connectivity index (χ1n) is 21.1. The number of hydrogen-bond acceptors (Lipinski definition) is 11. The number of esters is 2. The van der Waals surface area contributed by atoms with Crippen LogP contribution in [0.4, 0.5) is 0 Å². The van der Waals surface area contributed by atoms with E-state index in [1.807, 2.05) is 6.08 Å². The zero-order chi connectivity index (χ0) is 40.8. The summed E-state index contributed by atoms with van der Waals surface area (Å²) in [4.78, 5) is 35.0. The molecule has 0 radical (unpaired) electrons.